The van der Waals surface area contributed by atoms with E-state index in [-0.39, 0.29) is 5.91 Å². The van der Waals surface area contributed by atoms with Crippen molar-refractivity contribution in [3.63, 3.8) is 0 Å². The van der Waals surface area contributed by atoms with Gasteiger partial charge in [-0.15, -0.1) is 0 Å². The maximum Gasteiger partial charge on any atom is 0.251 e. The second-order valence-corrected chi connectivity index (χ2v) is 5.27. The van der Waals surface area contributed by atoms with Gasteiger partial charge in [-0.1, -0.05) is 0 Å². The minimum Gasteiger partial charge on any atom is -0.469 e. The Kier molecular flexibility index (Phi) is 5.04. The molecule has 112 valence electrons. The molecule has 0 aliphatic heterocycles. The highest BCUT2D eigenvalue weighted by molar-refractivity contribution is 5.94. The fraction of sp³-hybridized carbons (Fsp3) is 0.353. The first-order chi connectivity index (χ1) is 10.1. The van der Waals surface area contributed by atoms with Gasteiger partial charge in [0.25, 0.3) is 5.91 Å². The Morgan fingerprint density at radius 2 is 2.14 bits per heavy atom. The van der Waals surface area contributed by atoms with E-state index in [0.29, 0.717) is 11.6 Å². The van der Waals surface area contributed by atoms with Gasteiger partial charge in [-0.05, 0) is 56.2 Å². The molecule has 0 aliphatic carbocycles. The van der Waals surface area contributed by atoms with Crippen LogP contribution in [0.25, 0.3) is 0 Å². The molecule has 2 aromatic rings. The summed E-state index contributed by atoms with van der Waals surface area (Å²) in [6.45, 7) is 4.16. The molecule has 1 aromatic heterocycles. The van der Waals surface area contributed by atoms with Crippen LogP contribution in [0.3, 0.4) is 0 Å². The molecule has 1 amide bonds. The van der Waals surface area contributed by atoms with Crippen LogP contribution in [-0.4, -0.2) is 19.0 Å². The molecular weight excluding hydrogens is 264 g/mol. The number of anilines is 1. The average molecular weight is 286 g/mol. The summed E-state index contributed by atoms with van der Waals surface area (Å²) in [5.41, 5.74) is 2.82. The summed E-state index contributed by atoms with van der Waals surface area (Å²) < 4.78 is 5.34. The van der Waals surface area contributed by atoms with Crippen LogP contribution in [0.4, 0.5) is 5.69 Å². The van der Waals surface area contributed by atoms with Gasteiger partial charge in [-0.3, -0.25) is 4.79 Å². The molecule has 1 heterocycles. The highest BCUT2D eigenvalue weighted by Gasteiger charge is 2.09. The lowest BCUT2D eigenvalue weighted by molar-refractivity contribution is 0.0963. The first-order valence-corrected chi connectivity index (χ1v) is 7.22. The molecule has 2 rings (SSSR count). The van der Waals surface area contributed by atoms with Gasteiger partial charge < -0.3 is 15.1 Å². The van der Waals surface area contributed by atoms with Crippen molar-refractivity contribution in [3.05, 3.63) is 53.5 Å². The molecule has 1 aromatic carbocycles. The number of carbonyl (C=O) groups excluding carboxylic acids is 1. The van der Waals surface area contributed by atoms with E-state index in [1.165, 1.54) is 0 Å². The first kappa shape index (κ1) is 15.2. The SMILES string of the molecule is CNC(=O)c1ccc(NC(C)CCc2ccco2)c(C)c1. The summed E-state index contributed by atoms with van der Waals surface area (Å²) >= 11 is 0. The lowest BCUT2D eigenvalue weighted by Crippen LogP contribution is -2.19. The molecule has 1 atom stereocenters. The van der Waals surface area contributed by atoms with Gasteiger partial charge in [0.1, 0.15) is 5.76 Å². The number of aryl methyl sites for hydroxylation is 2. The third-order valence-electron chi connectivity index (χ3n) is 3.52. The molecule has 0 fully saturated rings. The zero-order valence-corrected chi connectivity index (χ0v) is 12.8. The van der Waals surface area contributed by atoms with E-state index in [1.807, 2.05) is 37.3 Å². The van der Waals surface area contributed by atoms with Gasteiger partial charge in [-0.25, -0.2) is 0 Å². The molecule has 4 nitrogen and oxygen atoms in total. The van der Waals surface area contributed by atoms with Gasteiger partial charge in [-0.2, -0.15) is 0 Å². The Bertz CT molecular complexity index is 591. The third kappa shape index (κ3) is 4.12. The van der Waals surface area contributed by atoms with Crippen molar-refractivity contribution < 1.29 is 9.21 Å². The van der Waals surface area contributed by atoms with Crippen molar-refractivity contribution in [1.82, 2.24) is 5.32 Å². The predicted octanol–water partition coefficient (Wildman–Crippen LogP) is 3.38. The Hall–Kier alpha value is -2.23. The van der Waals surface area contributed by atoms with Gasteiger partial charge in [0.15, 0.2) is 0 Å². The molecule has 0 saturated carbocycles. The van der Waals surface area contributed by atoms with Crippen molar-refractivity contribution in [3.8, 4) is 0 Å². The summed E-state index contributed by atoms with van der Waals surface area (Å²) in [5.74, 6) is 0.950. The van der Waals surface area contributed by atoms with E-state index < -0.39 is 0 Å². The van der Waals surface area contributed by atoms with E-state index in [2.05, 4.69) is 17.6 Å². The number of carbonyl (C=O) groups is 1. The molecule has 0 radical (unpaired) electrons. The minimum atomic E-state index is -0.0597. The van der Waals surface area contributed by atoms with Gasteiger partial charge >= 0.3 is 0 Å². The van der Waals surface area contributed by atoms with Crippen LogP contribution < -0.4 is 10.6 Å². The number of furan rings is 1. The largest absolute Gasteiger partial charge is 0.469 e. The summed E-state index contributed by atoms with van der Waals surface area (Å²) in [5, 5.41) is 6.12. The standard InChI is InChI=1S/C17H22N2O2/c1-12-11-14(17(20)18-3)7-9-16(12)19-13(2)6-8-15-5-4-10-21-15/h4-5,7,9-11,13,19H,6,8H2,1-3H3,(H,18,20). The second-order valence-electron chi connectivity index (χ2n) is 5.27. The minimum absolute atomic E-state index is 0.0597. The maximum atomic E-state index is 11.6. The molecule has 21 heavy (non-hydrogen) atoms. The lowest BCUT2D eigenvalue weighted by Gasteiger charge is -2.17. The van der Waals surface area contributed by atoms with Crippen LogP contribution in [0, 0.1) is 6.92 Å². The molecule has 4 heteroatoms. The summed E-state index contributed by atoms with van der Waals surface area (Å²) in [4.78, 5) is 11.6. The molecular formula is C17H22N2O2. The Morgan fingerprint density at radius 1 is 1.33 bits per heavy atom. The molecule has 0 bridgehead atoms. The highest BCUT2D eigenvalue weighted by Crippen LogP contribution is 2.19. The van der Waals surface area contributed by atoms with Gasteiger partial charge in [0.05, 0.1) is 6.26 Å². The fourth-order valence-corrected chi connectivity index (χ4v) is 2.26. The van der Waals surface area contributed by atoms with Crippen LogP contribution in [-0.2, 0) is 6.42 Å². The third-order valence-corrected chi connectivity index (χ3v) is 3.52. The van der Waals surface area contributed by atoms with Crippen molar-refractivity contribution >= 4 is 11.6 Å². The monoisotopic (exact) mass is 286 g/mol. The number of hydrogen-bond donors (Lipinski definition) is 2. The van der Waals surface area contributed by atoms with Crippen LogP contribution in [0.5, 0.6) is 0 Å². The van der Waals surface area contributed by atoms with E-state index in [9.17, 15) is 4.79 Å². The Balaban J connectivity index is 1.94. The van der Waals surface area contributed by atoms with Crippen molar-refractivity contribution in [2.24, 2.45) is 0 Å². The van der Waals surface area contributed by atoms with E-state index in [1.54, 1.807) is 13.3 Å². The van der Waals surface area contributed by atoms with Crippen molar-refractivity contribution in [2.45, 2.75) is 32.7 Å². The first-order valence-electron chi connectivity index (χ1n) is 7.22. The smallest absolute Gasteiger partial charge is 0.251 e. The topological polar surface area (TPSA) is 54.3 Å². The van der Waals surface area contributed by atoms with E-state index in [4.69, 9.17) is 4.42 Å². The number of rotatable bonds is 6. The van der Waals surface area contributed by atoms with Crippen molar-refractivity contribution in [2.75, 3.05) is 12.4 Å². The van der Waals surface area contributed by atoms with Gasteiger partial charge in [0, 0.05) is 30.8 Å². The molecule has 0 spiro atoms. The quantitative estimate of drug-likeness (QED) is 0.856. The number of amides is 1. The second kappa shape index (κ2) is 6.97. The Labute approximate surface area is 125 Å². The highest BCUT2D eigenvalue weighted by atomic mass is 16.3. The van der Waals surface area contributed by atoms with Crippen LogP contribution >= 0.6 is 0 Å². The Morgan fingerprint density at radius 3 is 2.76 bits per heavy atom. The van der Waals surface area contributed by atoms with E-state index >= 15 is 0 Å². The molecule has 2 N–H and O–H groups in total. The zero-order chi connectivity index (χ0) is 15.2. The zero-order valence-electron chi connectivity index (χ0n) is 12.8. The number of nitrogens with one attached hydrogen (secondary N) is 2. The van der Waals surface area contributed by atoms with Gasteiger partial charge in [0.2, 0.25) is 0 Å². The molecule has 0 aliphatic rings. The predicted molar refractivity (Wildman–Crippen MR) is 84.7 cm³/mol. The maximum absolute atomic E-state index is 11.6. The summed E-state index contributed by atoms with van der Waals surface area (Å²) in [7, 11) is 1.64. The number of benzene rings is 1. The van der Waals surface area contributed by atoms with E-state index in [0.717, 1.165) is 29.9 Å². The van der Waals surface area contributed by atoms with Crippen LogP contribution in [0.1, 0.15) is 35.0 Å². The lowest BCUT2D eigenvalue weighted by atomic mass is 10.1. The molecule has 1 unspecified atom stereocenters. The number of hydrogen-bond acceptors (Lipinski definition) is 3. The van der Waals surface area contributed by atoms with Crippen LogP contribution in [0.15, 0.2) is 41.0 Å². The summed E-state index contributed by atoms with van der Waals surface area (Å²) in [6.07, 6.45) is 3.61. The molecule has 0 saturated heterocycles. The van der Waals surface area contributed by atoms with Crippen LogP contribution in [0.2, 0.25) is 0 Å². The fourth-order valence-electron chi connectivity index (χ4n) is 2.26. The van der Waals surface area contributed by atoms with Crippen molar-refractivity contribution in [1.29, 1.82) is 0 Å². The normalized spacial score (nSPS) is 12.0. The average Bonchev–Trinajstić information content (AvgIpc) is 2.99. The summed E-state index contributed by atoms with van der Waals surface area (Å²) in [6, 6.07) is 9.95.